The van der Waals surface area contributed by atoms with Gasteiger partial charge in [-0.3, -0.25) is 9.59 Å². The molecule has 1 aromatic rings. The standard InChI is InChI=1S/C18H24ClN3O4S/c1-20(2)17(23)12-22-11-14-7-9-21(10-8-16(14)27(22,25)26)18(24)13-3-5-15(19)6-4-13/h3-6,14,16H,7-12H2,1-2H3/t14-,16-/m0/s1. The van der Waals surface area contributed by atoms with Crippen molar-refractivity contribution in [3.8, 4) is 0 Å². The number of amides is 2. The summed E-state index contributed by atoms with van der Waals surface area (Å²) < 4.78 is 27.0. The maximum absolute atomic E-state index is 12.9. The SMILES string of the molecule is CN(C)C(=O)CN1C[C@@H]2CCN(C(=O)c3ccc(Cl)cc3)CC[C@@H]2S1(=O)=O. The molecule has 9 heteroatoms. The summed E-state index contributed by atoms with van der Waals surface area (Å²) >= 11 is 5.87. The molecule has 7 nitrogen and oxygen atoms in total. The quantitative estimate of drug-likeness (QED) is 0.748. The highest BCUT2D eigenvalue weighted by atomic mass is 35.5. The predicted octanol–water partition coefficient (Wildman–Crippen LogP) is 1.29. The third-order valence-electron chi connectivity index (χ3n) is 5.35. The van der Waals surface area contributed by atoms with Crippen LogP contribution >= 0.6 is 11.6 Å². The van der Waals surface area contributed by atoms with Gasteiger partial charge >= 0.3 is 0 Å². The van der Waals surface area contributed by atoms with E-state index in [9.17, 15) is 18.0 Å². The van der Waals surface area contributed by atoms with Crippen molar-refractivity contribution in [1.82, 2.24) is 14.1 Å². The van der Waals surface area contributed by atoms with Crippen LogP contribution in [0.4, 0.5) is 0 Å². The number of hydrogen-bond acceptors (Lipinski definition) is 4. The van der Waals surface area contributed by atoms with Gasteiger partial charge in [0.15, 0.2) is 0 Å². The van der Waals surface area contributed by atoms with Crippen molar-refractivity contribution in [3.63, 3.8) is 0 Å². The molecule has 2 saturated heterocycles. The summed E-state index contributed by atoms with van der Waals surface area (Å²) in [6, 6.07) is 6.71. The summed E-state index contributed by atoms with van der Waals surface area (Å²) in [6.45, 7) is 1.12. The summed E-state index contributed by atoms with van der Waals surface area (Å²) in [5.41, 5.74) is 0.549. The van der Waals surface area contributed by atoms with Gasteiger partial charge in [0, 0.05) is 44.3 Å². The topological polar surface area (TPSA) is 78.0 Å². The zero-order valence-electron chi connectivity index (χ0n) is 15.5. The number of halogens is 1. The molecule has 2 aliphatic rings. The molecule has 0 unspecified atom stereocenters. The van der Waals surface area contributed by atoms with E-state index in [2.05, 4.69) is 0 Å². The molecule has 148 valence electrons. The number of carbonyl (C=O) groups excluding carboxylic acids is 2. The van der Waals surface area contributed by atoms with Crippen molar-refractivity contribution >= 4 is 33.4 Å². The Morgan fingerprint density at radius 2 is 1.78 bits per heavy atom. The van der Waals surface area contributed by atoms with Crippen molar-refractivity contribution in [2.75, 3.05) is 40.3 Å². The first kappa shape index (κ1) is 20.1. The van der Waals surface area contributed by atoms with Crippen molar-refractivity contribution in [1.29, 1.82) is 0 Å². The zero-order chi connectivity index (χ0) is 19.8. The van der Waals surface area contributed by atoms with Crippen molar-refractivity contribution < 1.29 is 18.0 Å². The second-order valence-corrected chi connectivity index (χ2v) is 9.89. The van der Waals surface area contributed by atoms with E-state index >= 15 is 0 Å². The highest BCUT2D eigenvalue weighted by molar-refractivity contribution is 7.90. The minimum absolute atomic E-state index is 0.0621. The first-order chi connectivity index (χ1) is 12.7. The molecule has 2 amide bonds. The molecule has 0 spiro atoms. The minimum Gasteiger partial charge on any atom is -0.348 e. The number of rotatable bonds is 3. The van der Waals surface area contributed by atoms with E-state index in [1.54, 1.807) is 43.3 Å². The molecule has 2 atom stereocenters. The number of nitrogens with zero attached hydrogens (tertiary/aromatic N) is 3. The Morgan fingerprint density at radius 3 is 2.41 bits per heavy atom. The van der Waals surface area contributed by atoms with Crippen LogP contribution < -0.4 is 0 Å². The van der Waals surface area contributed by atoms with Gasteiger partial charge in [-0.2, -0.15) is 4.31 Å². The van der Waals surface area contributed by atoms with Crippen LogP contribution in [-0.4, -0.2) is 79.9 Å². The smallest absolute Gasteiger partial charge is 0.253 e. The minimum atomic E-state index is -3.53. The van der Waals surface area contributed by atoms with Gasteiger partial charge in [0.2, 0.25) is 15.9 Å². The van der Waals surface area contributed by atoms with Gasteiger partial charge in [0.25, 0.3) is 5.91 Å². The van der Waals surface area contributed by atoms with Gasteiger partial charge in [0.05, 0.1) is 11.8 Å². The average molecular weight is 414 g/mol. The third-order valence-corrected chi connectivity index (χ3v) is 7.98. The van der Waals surface area contributed by atoms with Gasteiger partial charge in [-0.15, -0.1) is 0 Å². The number of fused-ring (bicyclic) bond motifs is 1. The number of likely N-dealkylation sites (N-methyl/N-ethyl adjacent to an activating group) is 1. The fourth-order valence-corrected chi connectivity index (χ4v) is 6.03. The van der Waals surface area contributed by atoms with Crippen LogP contribution in [0, 0.1) is 5.92 Å². The molecule has 0 radical (unpaired) electrons. The molecule has 0 bridgehead atoms. The Kier molecular flexibility index (Phi) is 5.79. The first-order valence-electron chi connectivity index (χ1n) is 8.94. The molecule has 3 rings (SSSR count). The Morgan fingerprint density at radius 1 is 1.15 bits per heavy atom. The maximum atomic E-state index is 12.9. The summed E-state index contributed by atoms with van der Waals surface area (Å²) in [5, 5.41) is 0.0332. The van der Waals surface area contributed by atoms with E-state index in [4.69, 9.17) is 11.6 Å². The van der Waals surface area contributed by atoms with Crippen molar-refractivity contribution in [2.45, 2.75) is 18.1 Å². The summed E-state index contributed by atoms with van der Waals surface area (Å²) in [6.07, 6.45) is 0.995. The van der Waals surface area contributed by atoms with Crippen LogP contribution in [0.15, 0.2) is 24.3 Å². The highest BCUT2D eigenvalue weighted by Gasteiger charge is 2.47. The molecule has 2 aliphatic heterocycles. The Labute approximate surface area is 164 Å². The van der Waals surface area contributed by atoms with Gasteiger partial charge in [-0.25, -0.2) is 8.42 Å². The molecular weight excluding hydrogens is 390 g/mol. The number of carbonyl (C=O) groups is 2. The van der Waals surface area contributed by atoms with E-state index in [0.29, 0.717) is 43.1 Å². The zero-order valence-corrected chi connectivity index (χ0v) is 17.0. The molecule has 1 aromatic carbocycles. The lowest BCUT2D eigenvalue weighted by Crippen LogP contribution is -2.39. The molecular formula is C18H24ClN3O4S. The predicted molar refractivity (Wildman–Crippen MR) is 103 cm³/mol. The maximum Gasteiger partial charge on any atom is 0.253 e. The molecule has 2 fully saturated rings. The average Bonchev–Trinajstić information content (AvgIpc) is 2.77. The van der Waals surface area contributed by atoms with E-state index in [1.807, 2.05) is 0 Å². The fraction of sp³-hybridized carbons (Fsp3) is 0.556. The lowest BCUT2D eigenvalue weighted by atomic mass is 10.0. The molecule has 27 heavy (non-hydrogen) atoms. The number of benzene rings is 1. The van der Waals surface area contributed by atoms with Crippen LogP contribution in [0.25, 0.3) is 0 Å². The van der Waals surface area contributed by atoms with Crippen molar-refractivity contribution in [2.24, 2.45) is 5.92 Å². The summed E-state index contributed by atoms with van der Waals surface area (Å²) in [4.78, 5) is 27.8. The van der Waals surface area contributed by atoms with Gasteiger partial charge in [0.1, 0.15) is 0 Å². The van der Waals surface area contributed by atoms with Gasteiger partial charge < -0.3 is 9.80 Å². The second kappa shape index (κ2) is 7.77. The summed E-state index contributed by atoms with van der Waals surface area (Å²) in [7, 11) is -0.300. The van der Waals surface area contributed by atoms with Crippen LogP contribution in [0.3, 0.4) is 0 Å². The van der Waals surface area contributed by atoms with E-state index in [-0.39, 0.29) is 24.3 Å². The molecule has 2 heterocycles. The largest absolute Gasteiger partial charge is 0.348 e. The Balaban J connectivity index is 1.69. The summed E-state index contributed by atoms with van der Waals surface area (Å²) in [5.74, 6) is -0.397. The van der Waals surface area contributed by atoms with E-state index in [0.717, 1.165) is 0 Å². The number of sulfonamides is 1. The third kappa shape index (κ3) is 4.12. The lowest BCUT2D eigenvalue weighted by Gasteiger charge is -2.22. The number of likely N-dealkylation sites (tertiary alicyclic amines) is 1. The lowest BCUT2D eigenvalue weighted by molar-refractivity contribution is -0.128. The van der Waals surface area contributed by atoms with Gasteiger partial charge in [-0.1, -0.05) is 11.6 Å². The van der Waals surface area contributed by atoms with Crippen LogP contribution in [0.2, 0.25) is 5.02 Å². The first-order valence-corrected chi connectivity index (χ1v) is 10.8. The highest BCUT2D eigenvalue weighted by Crippen LogP contribution is 2.34. The molecule has 0 N–H and O–H groups in total. The molecule has 0 saturated carbocycles. The fourth-order valence-electron chi connectivity index (χ4n) is 3.72. The van der Waals surface area contributed by atoms with Crippen LogP contribution in [-0.2, 0) is 14.8 Å². The van der Waals surface area contributed by atoms with E-state index < -0.39 is 15.3 Å². The monoisotopic (exact) mass is 413 g/mol. The Bertz CT molecular complexity index is 826. The number of hydrogen-bond donors (Lipinski definition) is 0. The van der Waals surface area contributed by atoms with Crippen molar-refractivity contribution in [3.05, 3.63) is 34.9 Å². The Hall–Kier alpha value is -1.64. The van der Waals surface area contributed by atoms with E-state index in [1.165, 1.54) is 9.21 Å². The van der Waals surface area contributed by atoms with Crippen LogP contribution in [0.1, 0.15) is 23.2 Å². The normalized spacial score (nSPS) is 24.9. The molecule has 0 aromatic heterocycles. The van der Waals surface area contributed by atoms with Gasteiger partial charge in [-0.05, 0) is 43.0 Å². The second-order valence-electron chi connectivity index (χ2n) is 7.30. The van der Waals surface area contributed by atoms with Crippen LogP contribution in [0.5, 0.6) is 0 Å². The molecule has 0 aliphatic carbocycles.